The molecule has 0 radical (unpaired) electrons. The maximum absolute atomic E-state index is 5.82. The molecular weight excluding hydrogens is 224 g/mol. The second-order valence-corrected chi connectivity index (χ2v) is 4.66. The molecule has 96 valence electrons. The molecule has 1 heterocycles. The van der Waals surface area contributed by atoms with Gasteiger partial charge in [0.1, 0.15) is 0 Å². The average Bonchev–Trinajstić information content (AvgIpc) is 2.37. The normalized spacial score (nSPS) is 23.9. The van der Waals surface area contributed by atoms with Crippen LogP contribution in [-0.2, 0) is 9.47 Å². The van der Waals surface area contributed by atoms with Gasteiger partial charge in [-0.05, 0) is 31.9 Å². The molecule has 0 saturated heterocycles. The summed E-state index contributed by atoms with van der Waals surface area (Å²) in [5.74, 6) is 0. The van der Waals surface area contributed by atoms with Gasteiger partial charge in [0.15, 0.2) is 6.29 Å². The minimum Gasteiger partial charge on any atom is -0.346 e. The highest BCUT2D eigenvalue weighted by Crippen LogP contribution is 2.16. The predicted octanol–water partition coefficient (Wildman–Crippen LogP) is 3.80. The smallest absolute Gasteiger partial charge is 0.177 e. The van der Waals surface area contributed by atoms with E-state index in [-0.39, 0.29) is 18.5 Å². The Kier molecular flexibility index (Phi) is 4.73. The summed E-state index contributed by atoms with van der Waals surface area (Å²) in [5.41, 5.74) is 1.19. The van der Waals surface area contributed by atoms with Crippen LogP contribution in [0.1, 0.15) is 25.8 Å². The molecule has 0 N–H and O–H groups in total. The first-order valence-corrected chi connectivity index (χ1v) is 6.45. The van der Waals surface area contributed by atoms with Crippen LogP contribution >= 0.6 is 0 Å². The third-order valence-corrected chi connectivity index (χ3v) is 2.68. The SMILES string of the molecule is CC(C)O[C@H]1C=CC[C@H](/C=C/c2ccccc2)O1. The Morgan fingerprint density at radius 3 is 2.78 bits per heavy atom. The fraction of sp³-hybridized carbons (Fsp3) is 0.375. The van der Waals surface area contributed by atoms with E-state index in [1.54, 1.807) is 0 Å². The number of ether oxygens (including phenoxy) is 2. The van der Waals surface area contributed by atoms with Gasteiger partial charge in [-0.3, -0.25) is 0 Å². The van der Waals surface area contributed by atoms with Gasteiger partial charge in [-0.25, -0.2) is 0 Å². The van der Waals surface area contributed by atoms with Crippen LogP contribution in [-0.4, -0.2) is 18.5 Å². The Balaban J connectivity index is 1.91. The van der Waals surface area contributed by atoms with Gasteiger partial charge >= 0.3 is 0 Å². The van der Waals surface area contributed by atoms with Gasteiger partial charge in [-0.15, -0.1) is 0 Å². The molecule has 0 unspecified atom stereocenters. The summed E-state index contributed by atoms with van der Waals surface area (Å²) in [4.78, 5) is 0. The van der Waals surface area contributed by atoms with Gasteiger partial charge in [-0.1, -0.05) is 48.6 Å². The number of hydrogen-bond donors (Lipinski definition) is 0. The molecule has 0 aliphatic carbocycles. The minimum absolute atomic E-state index is 0.0963. The lowest BCUT2D eigenvalue weighted by Crippen LogP contribution is -2.27. The second kappa shape index (κ2) is 6.53. The monoisotopic (exact) mass is 244 g/mol. The van der Waals surface area contributed by atoms with Gasteiger partial charge < -0.3 is 9.47 Å². The highest BCUT2D eigenvalue weighted by atomic mass is 16.7. The van der Waals surface area contributed by atoms with Gasteiger partial charge in [0.05, 0.1) is 12.2 Å². The number of hydrogen-bond acceptors (Lipinski definition) is 2. The Labute approximate surface area is 109 Å². The second-order valence-electron chi connectivity index (χ2n) is 4.66. The van der Waals surface area contributed by atoms with E-state index in [2.05, 4.69) is 30.4 Å². The zero-order chi connectivity index (χ0) is 12.8. The molecule has 1 aromatic carbocycles. The molecule has 1 aliphatic heterocycles. The molecule has 0 saturated carbocycles. The molecular formula is C16H20O2. The van der Waals surface area contributed by atoms with E-state index in [9.17, 15) is 0 Å². The first kappa shape index (κ1) is 13.1. The lowest BCUT2D eigenvalue weighted by Gasteiger charge is -2.25. The van der Waals surface area contributed by atoms with E-state index in [0.717, 1.165) is 6.42 Å². The molecule has 2 nitrogen and oxygen atoms in total. The highest BCUT2D eigenvalue weighted by Gasteiger charge is 2.17. The van der Waals surface area contributed by atoms with E-state index in [4.69, 9.17) is 9.47 Å². The molecule has 2 heteroatoms. The maximum atomic E-state index is 5.82. The molecule has 2 atom stereocenters. The van der Waals surface area contributed by atoms with Crippen molar-refractivity contribution in [3.63, 3.8) is 0 Å². The fourth-order valence-electron chi connectivity index (χ4n) is 1.85. The molecule has 1 aliphatic rings. The zero-order valence-electron chi connectivity index (χ0n) is 11.0. The third-order valence-electron chi connectivity index (χ3n) is 2.68. The molecule has 0 aromatic heterocycles. The fourth-order valence-corrected chi connectivity index (χ4v) is 1.85. The van der Waals surface area contributed by atoms with Crippen LogP contribution in [0.15, 0.2) is 48.6 Å². The van der Waals surface area contributed by atoms with E-state index < -0.39 is 0 Å². The maximum Gasteiger partial charge on any atom is 0.177 e. The average molecular weight is 244 g/mol. The Morgan fingerprint density at radius 1 is 1.28 bits per heavy atom. The van der Waals surface area contributed by atoms with Crippen LogP contribution in [0, 0.1) is 0 Å². The molecule has 2 rings (SSSR count). The van der Waals surface area contributed by atoms with Crippen molar-refractivity contribution in [3.8, 4) is 0 Å². The first-order valence-electron chi connectivity index (χ1n) is 6.45. The van der Waals surface area contributed by atoms with Crippen molar-refractivity contribution in [2.75, 3.05) is 0 Å². The highest BCUT2D eigenvalue weighted by molar-refractivity contribution is 5.49. The van der Waals surface area contributed by atoms with Crippen LogP contribution in [0.3, 0.4) is 0 Å². The Morgan fingerprint density at radius 2 is 2.06 bits per heavy atom. The number of rotatable bonds is 4. The topological polar surface area (TPSA) is 18.5 Å². The van der Waals surface area contributed by atoms with Crippen molar-refractivity contribution < 1.29 is 9.47 Å². The van der Waals surface area contributed by atoms with Crippen LogP contribution in [0.2, 0.25) is 0 Å². The summed E-state index contributed by atoms with van der Waals surface area (Å²) in [6.45, 7) is 4.03. The van der Waals surface area contributed by atoms with Crippen molar-refractivity contribution in [2.45, 2.75) is 38.8 Å². The van der Waals surface area contributed by atoms with Crippen molar-refractivity contribution in [1.82, 2.24) is 0 Å². The summed E-state index contributed by atoms with van der Waals surface area (Å²) in [6, 6.07) is 10.2. The van der Waals surface area contributed by atoms with Gasteiger partial charge in [0.25, 0.3) is 0 Å². The molecule has 0 spiro atoms. The molecule has 1 aromatic rings. The van der Waals surface area contributed by atoms with E-state index >= 15 is 0 Å². The van der Waals surface area contributed by atoms with Gasteiger partial charge in [0, 0.05) is 0 Å². The van der Waals surface area contributed by atoms with Gasteiger partial charge in [-0.2, -0.15) is 0 Å². The van der Waals surface area contributed by atoms with Crippen molar-refractivity contribution in [3.05, 3.63) is 54.1 Å². The van der Waals surface area contributed by atoms with E-state index in [1.165, 1.54) is 5.56 Å². The van der Waals surface area contributed by atoms with E-state index in [0.29, 0.717) is 0 Å². The van der Waals surface area contributed by atoms with Crippen molar-refractivity contribution in [1.29, 1.82) is 0 Å². The zero-order valence-corrected chi connectivity index (χ0v) is 11.0. The van der Waals surface area contributed by atoms with Crippen molar-refractivity contribution in [2.24, 2.45) is 0 Å². The lowest BCUT2D eigenvalue weighted by atomic mass is 10.1. The lowest BCUT2D eigenvalue weighted by molar-refractivity contribution is -0.154. The molecule has 0 bridgehead atoms. The first-order chi connectivity index (χ1) is 8.74. The largest absolute Gasteiger partial charge is 0.346 e. The summed E-state index contributed by atoms with van der Waals surface area (Å²) < 4.78 is 11.5. The molecule has 18 heavy (non-hydrogen) atoms. The quantitative estimate of drug-likeness (QED) is 0.750. The Hall–Kier alpha value is -1.38. The van der Waals surface area contributed by atoms with Crippen LogP contribution in [0.5, 0.6) is 0 Å². The van der Waals surface area contributed by atoms with Crippen LogP contribution in [0.4, 0.5) is 0 Å². The third kappa shape index (κ3) is 4.13. The summed E-state index contributed by atoms with van der Waals surface area (Å²) in [7, 11) is 0. The predicted molar refractivity (Wildman–Crippen MR) is 74.1 cm³/mol. The van der Waals surface area contributed by atoms with Gasteiger partial charge in [0.2, 0.25) is 0 Å². The number of benzene rings is 1. The van der Waals surface area contributed by atoms with Crippen LogP contribution in [0.25, 0.3) is 6.08 Å². The minimum atomic E-state index is -0.218. The van der Waals surface area contributed by atoms with Crippen molar-refractivity contribution >= 4 is 6.08 Å². The summed E-state index contributed by atoms with van der Waals surface area (Å²) in [5, 5.41) is 0. The summed E-state index contributed by atoms with van der Waals surface area (Å²) >= 11 is 0. The molecule has 0 fully saturated rings. The summed E-state index contributed by atoms with van der Waals surface area (Å²) in [6.07, 6.45) is 9.25. The van der Waals surface area contributed by atoms with E-state index in [1.807, 2.05) is 38.1 Å². The molecule has 0 amide bonds. The van der Waals surface area contributed by atoms with Crippen LogP contribution < -0.4 is 0 Å². The Bertz CT molecular complexity index is 406. The standard InChI is InChI=1S/C16H20O2/c1-13(2)17-16-10-6-9-15(18-16)12-11-14-7-4-3-5-8-14/h3-8,10-13,15-16H,9H2,1-2H3/b12-11+/t15-,16-/m1/s1.